The molecule has 3 atom stereocenters. The number of benzene rings is 2. The molecule has 1 heterocycles. The number of hydrogen-bond acceptors (Lipinski definition) is 5. The van der Waals surface area contributed by atoms with Crippen LogP contribution < -0.4 is 0 Å². The van der Waals surface area contributed by atoms with Gasteiger partial charge in [0.15, 0.2) is 0 Å². The Bertz CT molecular complexity index is 807. The quantitative estimate of drug-likeness (QED) is 0.508. The van der Waals surface area contributed by atoms with E-state index in [4.69, 9.17) is 49.0 Å². The number of carbonyl (C=O) groups excluding carboxylic acids is 2. The molecule has 1 aliphatic heterocycles. The maximum Gasteiger partial charge on any atom is 0.338 e. The van der Waals surface area contributed by atoms with Gasteiger partial charge in [-0.05, 0) is 48.5 Å². The molecule has 2 aromatic rings. The van der Waals surface area contributed by atoms with Crippen LogP contribution in [0.3, 0.4) is 0 Å². The Kier molecular flexibility index (Phi) is 6.60. The molecule has 27 heavy (non-hydrogen) atoms. The molecule has 1 saturated heterocycles. The van der Waals surface area contributed by atoms with E-state index >= 15 is 0 Å². The van der Waals surface area contributed by atoms with Crippen molar-refractivity contribution in [3.05, 3.63) is 69.7 Å². The smallest absolute Gasteiger partial charge is 0.338 e. The summed E-state index contributed by atoms with van der Waals surface area (Å²) in [5.74, 6) is -1.06. The molecule has 2 aromatic carbocycles. The standard InChI is InChI=1S/C19H15Cl3O5/c20-13-5-1-11(2-6-13)18(23)25-10-16-15(9-17(22)26-16)27-19(24)12-3-7-14(21)8-4-12/h1-8,15-17H,9-10H2/t15?,16-,17-/m1/s1. The van der Waals surface area contributed by atoms with Gasteiger partial charge in [0.25, 0.3) is 0 Å². The Hall–Kier alpha value is -1.79. The maximum atomic E-state index is 12.3. The SMILES string of the molecule is O=C(OC[C@H]1O[C@@H](Cl)CC1OC(=O)c1ccc(Cl)cc1)c1ccc(Cl)cc1. The van der Waals surface area contributed by atoms with E-state index in [-0.39, 0.29) is 6.61 Å². The summed E-state index contributed by atoms with van der Waals surface area (Å²) in [4.78, 5) is 24.4. The maximum absolute atomic E-state index is 12.3. The monoisotopic (exact) mass is 428 g/mol. The van der Waals surface area contributed by atoms with Crippen molar-refractivity contribution >= 4 is 46.7 Å². The van der Waals surface area contributed by atoms with Gasteiger partial charge in [0.2, 0.25) is 0 Å². The molecule has 1 unspecified atom stereocenters. The number of alkyl halides is 1. The molecule has 0 amide bonds. The van der Waals surface area contributed by atoms with Crippen LogP contribution in [0.15, 0.2) is 48.5 Å². The second-order valence-electron chi connectivity index (χ2n) is 5.88. The highest BCUT2D eigenvalue weighted by Crippen LogP contribution is 2.27. The number of rotatable bonds is 5. The van der Waals surface area contributed by atoms with Gasteiger partial charge >= 0.3 is 11.9 Å². The summed E-state index contributed by atoms with van der Waals surface area (Å²) in [5.41, 5.74) is 0.0797. The van der Waals surface area contributed by atoms with Crippen LogP contribution in [0.25, 0.3) is 0 Å². The molecule has 3 rings (SSSR count). The summed E-state index contributed by atoms with van der Waals surface area (Å²) in [5, 5.41) is 1.04. The molecule has 0 bridgehead atoms. The van der Waals surface area contributed by atoms with Crippen LogP contribution in [0.5, 0.6) is 0 Å². The zero-order valence-corrected chi connectivity index (χ0v) is 16.2. The summed E-state index contributed by atoms with van der Waals surface area (Å²) in [6.07, 6.45) is -0.988. The fourth-order valence-corrected chi connectivity index (χ4v) is 3.12. The Balaban J connectivity index is 1.58. The molecule has 0 spiro atoms. The van der Waals surface area contributed by atoms with Crippen LogP contribution >= 0.6 is 34.8 Å². The van der Waals surface area contributed by atoms with Gasteiger partial charge in [-0.2, -0.15) is 0 Å². The zero-order chi connectivity index (χ0) is 19.4. The van der Waals surface area contributed by atoms with Crippen molar-refractivity contribution in [2.45, 2.75) is 24.2 Å². The van der Waals surface area contributed by atoms with Gasteiger partial charge in [0, 0.05) is 16.5 Å². The predicted molar refractivity (Wildman–Crippen MR) is 102 cm³/mol. The normalized spacial score (nSPS) is 21.7. The summed E-state index contributed by atoms with van der Waals surface area (Å²) >= 11 is 17.6. The second-order valence-corrected chi connectivity index (χ2v) is 7.24. The van der Waals surface area contributed by atoms with Crippen molar-refractivity contribution in [2.24, 2.45) is 0 Å². The highest BCUT2D eigenvalue weighted by atomic mass is 35.5. The minimum Gasteiger partial charge on any atom is -0.459 e. The van der Waals surface area contributed by atoms with Gasteiger partial charge in [-0.3, -0.25) is 0 Å². The molecular weight excluding hydrogens is 415 g/mol. The summed E-state index contributed by atoms with van der Waals surface area (Å²) in [6.45, 7) is -0.0940. The van der Waals surface area contributed by atoms with Crippen molar-refractivity contribution in [2.75, 3.05) is 6.61 Å². The van der Waals surface area contributed by atoms with Crippen LogP contribution in [0.4, 0.5) is 0 Å². The first-order valence-electron chi connectivity index (χ1n) is 8.11. The average Bonchev–Trinajstić information content (AvgIpc) is 3.00. The van der Waals surface area contributed by atoms with Crippen LogP contribution in [0.1, 0.15) is 27.1 Å². The lowest BCUT2D eigenvalue weighted by Crippen LogP contribution is -2.32. The van der Waals surface area contributed by atoms with Crippen LogP contribution in [0, 0.1) is 0 Å². The van der Waals surface area contributed by atoms with Crippen molar-refractivity contribution < 1.29 is 23.8 Å². The Morgan fingerprint density at radius 3 is 2.00 bits per heavy atom. The number of carbonyl (C=O) groups is 2. The van der Waals surface area contributed by atoms with Gasteiger partial charge in [-0.1, -0.05) is 34.8 Å². The van der Waals surface area contributed by atoms with E-state index in [1.165, 1.54) is 0 Å². The number of ether oxygens (including phenoxy) is 3. The number of halogens is 3. The Morgan fingerprint density at radius 1 is 0.926 bits per heavy atom. The van der Waals surface area contributed by atoms with E-state index in [1.54, 1.807) is 48.5 Å². The van der Waals surface area contributed by atoms with E-state index in [0.717, 1.165) is 0 Å². The Labute approximate surface area is 171 Å². The third-order valence-corrected chi connectivity index (χ3v) is 4.74. The highest BCUT2D eigenvalue weighted by Gasteiger charge is 2.38. The molecule has 0 N–H and O–H groups in total. The van der Waals surface area contributed by atoms with Crippen molar-refractivity contribution in [1.82, 2.24) is 0 Å². The molecule has 8 heteroatoms. The first-order chi connectivity index (χ1) is 12.9. The molecule has 5 nitrogen and oxygen atoms in total. The molecule has 0 aromatic heterocycles. The van der Waals surface area contributed by atoms with Crippen LogP contribution in [0.2, 0.25) is 10.0 Å². The lowest BCUT2D eigenvalue weighted by molar-refractivity contribution is -0.0322. The summed E-state index contributed by atoms with van der Waals surface area (Å²) in [6, 6.07) is 12.6. The molecule has 0 aliphatic carbocycles. The third kappa shape index (κ3) is 5.36. The van der Waals surface area contributed by atoms with Gasteiger partial charge in [-0.15, -0.1) is 0 Å². The fraction of sp³-hybridized carbons (Fsp3) is 0.263. The lowest BCUT2D eigenvalue weighted by Gasteiger charge is -2.19. The third-order valence-electron chi connectivity index (χ3n) is 3.95. The van der Waals surface area contributed by atoms with Crippen molar-refractivity contribution in [3.63, 3.8) is 0 Å². The van der Waals surface area contributed by atoms with Crippen LogP contribution in [-0.2, 0) is 14.2 Å². The number of esters is 2. The van der Waals surface area contributed by atoms with E-state index in [0.29, 0.717) is 27.6 Å². The van der Waals surface area contributed by atoms with E-state index in [9.17, 15) is 9.59 Å². The molecule has 1 fully saturated rings. The molecule has 0 radical (unpaired) electrons. The number of hydrogen-bond donors (Lipinski definition) is 0. The van der Waals surface area contributed by atoms with Gasteiger partial charge in [-0.25, -0.2) is 9.59 Å². The van der Waals surface area contributed by atoms with Crippen molar-refractivity contribution in [1.29, 1.82) is 0 Å². The van der Waals surface area contributed by atoms with Crippen molar-refractivity contribution in [3.8, 4) is 0 Å². The first kappa shape index (κ1) is 20.0. The average molecular weight is 430 g/mol. The summed E-state index contributed by atoms with van der Waals surface area (Å²) < 4.78 is 16.2. The molecule has 0 saturated carbocycles. The predicted octanol–water partition coefficient (Wildman–Crippen LogP) is 4.73. The minimum atomic E-state index is -0.653. The minimum absolute atomic E-state index is 0.0940. The Morgan fingerprint density at radius 2 is 1.44 bits per heavy atom. The topological polar surface area (TPSA) is 61.8 Å². The fourth-order valence-electron chi connectivity index (χ4n) is 2.56. The van der Waals surface area contributed by atoms with E-state index in [1.807, 2.05) is 0 Å². The van der Waals surface area contributed by atoms with Gasteiger partial charge in [0.1, 0.15) is 24.4 Å². The first-order valence-corrected chi connectivity index (χ1v) is 9.30. The second kappa shape index (κ2) is 8.93. The molecule has 142 valence electrons. The van der Waals surface area contributed by atoms with E-state index in [2.05, 4.69) is 0 Å². The molecule has 1 aliphatic rings. The highest BCUT2D eigenvalue weighted by molar-refractivity contribution is 6.31. The molecular formula is C19H15Cl3O5. The lowest BCUT2D eigenvalue weighted by atomic mass is 10.2. The van der Waals surface area contributed by atoms with Gasteiger partial charge < -0.3 is 14.2 Å². The zero-order valence-electron chi connectivity index (χ0n) is 13.9. The van der Waals surface area contributed by atoms with E-state index < -0.39 is 29.7 Å². The summed E-state index contributed by atoms with van der Waals surface area (Å²) in [7, 11) is 0. The van der Waals surface area contributed by atoms with Gasteiger partial charge in [0.05, 0.1) is 11.1 Å². The largest absolute Gasteiger partial charge is 0.459 e. The van der Waals surface area contributed by atoms with Crippen LogP contribution in [-0.4, -0.2) is 36.3 Å².